The van der Waals surface area contributed by atoms with Crippen LogP contribution in [0.1, 0.15) is 12.5 Å². The molecular weight excluding hydrogens is 176 g/mol. The SMILES string of the molecule is COC(=O)C(C)C#Cc1ccccc1. The van der Waals surface area contributed by atoms with Gasteiger partial charge in [0.15, 0.2) is 0 Å². The minimum Gasteiger partial charge on any atom is -0.468 e. The Labute approximate surface area is 83.9 Å². The predicted octanol–water partition coefficient (Wildman–Crippen LogP) is 1.85. The Morgan fingerprint density at radius 2 is 2.00 bits per heavy atom. The largest absolute Gasteiger partial charge is 0.468 e. The summed E-state index contributed by atoms with van der Waals surface area (Å²) in [5.74, 6) is 5.06. The second-order valence-electron chi connectivity index (χ2n) is 2.88. The zero-order valence-electron chi connectivity index (χ0n) is 8.28. The molecule has 0 aliphatic heterocycles. The Morgan fingerprint density at radius 1 is 1.36 bits per heavy atom. The highest BCUT2D eigenvalue weighted by atomic mass is 16.5. The van der Waals surface area contributed by atoms with Crippen LogP contribution < -0.4 is 0 Å². The first-order chi connectivity index (χ1) is 6.74. The van der Waals surface area contributed by atoms with Crippen LogP contribution in [0.2, 0.25) is 0 Å². The van der Waals surface area contributed by atoms with Crippen LogP contribution in [0.15, 0.2) is 30.3 Å². The van der Waals surface area contributed by atoms with Crippen LogP contribution in [0, 0.1) is 17.8 Å². The van der Waals surface area contributed by atoms with Crippen molar-refractivity contribution in [3.05, 3.63) is 35.9 Å². The third-order valence-corrected chi connectivity index (χ3v) is 1.76. The number of methoxy groups -OCH3 is 1. The molecule has 0 aliphatic rings. The summed E-state index contributed by atoms with van der Waals surface area (Å²) < 4.78 is 4.56. The lowest BCUT2D eigenvalue weighted by molar-refractivity contribution is -0.142. The topological polar surface area (TPSA) is 26.3 Å². The van der Waals surface area contributed by atoms with Crippen molar-refractivity contribution in [1.29, 1.82) is 0 Å². The molecule has 2 heteroatoms. The van der Waals surface area contributed by atoms with Crippen molar-refractivity contribution < 1.29 is 9.53 Å². The van der Waals surface area contributed by atoms with Crippen LogP contribution in [0.3, 0.4) is 0 Å². The molecule has 1 rings (SSSR count). The van der Waals surface area contributed by atoms with E-state index < -0.39 is 0 Å². The third kappa shape index (κ3) is 2.95. The highest BCUT2D eigenvalue weighted by molar-refractivity contribution is 5.75. The van der Waals surface area contributed by atoms with Crippen LogP contribution in [0.4, 0.5) is 0 Å². The van der Waals surface area contributed by atoms with Gasteiger partial charge in [0.25, 0.3) is 0 Å². The quantitative estimate of drug-likeness (QED) is 0.496. The molecule has 0 amide bonds. The first kappa shape index (κ1) is 10.3. The molecule has 72 valence electrons. The Morgan fingerprint density at radius 3 is 2.57 bits per heavy atom. The maximum absolute atomic E-state index is 11.0. The fraction of sp³-hybridized carbons (Fsp3) is 0.250. The lowest BCUT2D eigenvalue weighted by atomic mass is 10.1. The monoisotopic (exact) mass is 188 g/mol. The highest BCUT2D eigenvalue weighted by Crippen LogP contribution is 1.98. The molecule has 0 radical (unpaired) electrons. The molecule has 0 N–H and O–H groups in total. The third-order valence-electron chi connectivity index (χ3n) is 1.76. The van der Waals surface area contributed by atoms with Gasteiger partial charge in [-0.25, -0.2) is 0 Å². The number of benzene rings is 1. The second kappa shape index (κ2) is 5.08. The summed E-state index contributed by atoms with van der Waals surface area (Å²) in [6, 6.07) is 9.54. The summed E-state index contributed by atoms with van der Waals surface area (Å²) >= 11 is 0. The molecule has 0 bridgehead atoms. The van der Waals surface area contributed by atoms with Crippen molar-refractivity contribution in [1.82, 2.24) is 0 Å². The van der Waals surface area contributed by atoms with E-state index in [1.54, 1.807) is 6.92 Å². The standard InChI is InChI=1S/C12H12O2/c1-10(12(13)14-2)8-9-11-6-4-3-5-7-11/h3-7,10H,1-2H3. The Kier molecular flexibility index (Phi) is 3.75. The Balaban J connectivity index is 2.69. The smallest absolute Gasteiger partial charge is 0.320 e. The molecule has 0 fully saturated rings. The first-order valence-corrected chi connectivity index (χ1v) is 4.38. The molecule has 1 aromatic carbocycles. The van der Waals surface area contributed by atoms with Gasteiger partial charge in [0, 0.05) is 5.56 Å². The van der Waals surface area contributed by atoms with E-state index in [0.29, 0.717) is 0 Å². The van der Waals surface area contributed by atoms with Gasteiger partial charge in [0.1, 0.15) is 5.92 Å². The maximum atomic E-state index is 11.0. The molecule has 1 aromatic rings. The molecule has 1 atom stereocenters. The maximum Gasteiger partial charge on any atom is 0.320 e. The summed E-state index contributed by atoms with van der Waals surface area (Å²) in [7, 11) is 1.36. The zero-order chi connectivity index (χ0) is 10.4. The molecule has 0 saturated carbocycles. The van der Waals surface area contributed by atoms with E-state index in [1.807, 2.05) is 30.3 Å². The van der Waals surface area contributed by atoms with Gasteiger partial charge in [-0.2, -0.15) is 0 Å². The summed E-state index contributed by atoms with van der Waals surface area (Å²) in [5, 5.41) is 0. The minimum atomic E-state index is -0.375. The van der Waals surface area contributed by atoms with Crippen molar-refractivity contribution in [2.75, 3.05) is 7.11 Å². The normalized spacial score (nSPS) is 11.0. The number of hydrogen-bond acceptors (Lipinski definition) is 2. The number of ether oxygens (including phenoxy) is 1. The molecule has 0 aromatic heterocycles. The van der Waals surface area contributed by atoms with Gasteiger partial charge in [-0.05, 0) is 19.1 Å². The van der Waals surface area contributed by atoms with Crippen LogP contribution in [-0.2, 0) is 9.53 Å². The molecular formula is C12H12O2. The van der Waals surface area contributed by atoms with Crippen LogP contribution in [0.5, 0.6) is 0 Å². The van der Waals surface area contributed by atoms with E-state index in [-0.39, 0.29) is 11.9 Å². The van der Waals surface area contributed by atoms with E-state index in [2.05, 4.69) is 16.6 Å². The molecule has 1 unspecified atom stereocenters. The van der Waals surface area contributed by atoms with Gasteiger partial charge in [0.05, 0.1) is 7.11 Å². The van der Waals surface area contributed by atoms with Gasteiger partial charge in [-0.1, -0.05) is 30.0 Å². The number of rotatable bonds is 1. The molecule has 0 spiro atoms. The second-order valence-corrected chi connectivity index (χ2v) is 2.88. The fourth-order valence-electron chi connectivity index (χ4n) is 0.949. The van der Waals surface area contributed by atoms with Gasteiger partial charge in [-0.15, -0.1) is 0 Å². The van der Waals surface area contributed by atoms with Crippen molar-refractivity contribution in [3.8, 4) is 11.8 Å². The zero-order valence-corrected chi connectivity index (χ0v) is 8.28. The summed E-state index contributed by atoms with van der Waals surface area (Å²) in [4.78, 5) is 11.0. The average Bonchev–Trinajstić information content (AvgIpc) is 2.26. The lowest BCUT2D eigenvalue weighted by Crippen LogP contribution is -2.10. The fourth-order valence-corrected chi connectivity index (χ4v) is 0.949. The van der Waals surface area contributed by atoms with Crippen LogP contribution in [0.25, 0.3) is 0 Å². The number of hydrogen-bond donors (Lipinski definition) is 0. The van der Waals surface area contributed by atoms with Crippen molar-refractivity contribution in [3.63, 3.8) is 0 Å². The Hall–Kier alpha value is -1.75. The van der Waals surface area contributed by atoms with Crippen molar-refractivity contribution in [2.24, 2.45) is 5.92 Å². The van der Waals surface area contributed by atoms with Crippen molar-refractivity contribution in [2.45, 2.75) is 6.92 Å². The van der Waals surface area contributed by atoms with Crippen molar-refractivity contribution >= 4 is 5.97 Å². The molecule has 0 saturated heterocycles. The highest BCUT2D eigenvalue weighted by Gasteiger charge is 2.08. The number of esters is 1. The average molecular weight is 188 g/mol. The molecule has 0 aliphatic carbocycles. The van der Waals surface area contributed by atoms with E-state index in [1.165, 1.54) is 7.11 Å². The molecule has 14 heavy (non-hydrogen) atoms. The van der Waals surface area contributed by atoms with Gasteiger partial charge < -0.3 is 4.74 Å². The van der Waals surface area contributed by atoms with E-state index >= 15 is 0 Å². The van der Waals surface area contributed by atoms with Gasteiger partial charge >= 0.3 is 5.97 Å². The Bertz CT molecular complexity index is 357. The predicted molar refractivity (Wildman–Crippen MR) is 54.5 cm³/mol. The van der Waals surface area contributed by atoms with E-state index in [0.717, 1.165) is 5.56 Å². The molecule has 2 nitrogen and oxygen atoms in total. The van der Waals surface area contributed by atoms with E-state index in [9.17, 15) is 4.79 Å². The summed E-state index contributed by atoms with van der Waals surface area (Å²) in [6.45, 7) is 1.72. The molecule has 0 heterocycles. The number of carbonyl (C=O) groups excluding carboxylic acids is 1. The van der Waals surface area contributed by atoms with E-state index in [4.69, 9.17) is 0 Å². The van der Waals surface area contributed by atoms with Gasteiger partial charge in [0.2, 0.25) is 0 Å². The van der Waals surface area contributed by atoms with Gasteiger partial charge in [-0.3, -0.25) is 4.79 Å². The summed E-state index contributed by atoms with van der Waals surface area (Å²) in [6.07, 6.45) is 0. The van der Waals surface area contributed by atoms with Crippen LogP contribution in [-0.4, -0.2) is 13.1 Å². The first-order valence-electron chi connectivity index (χ1n) is 4.38. The van der Waals surface area contributed by atoms with Crippen LogP contribution >= 0.6 is 0 Å². The minimum absolute atomic E-state index is 0.298. The number of carbonyl (C=O) groups is 1. The lowest BCUT2D eigenvalue weighted by Gasteiger charge is -1.99. The summed E-state index contributed by atoms with van der Waals surface area (Å²) in [5.41, 5.74) is 0.906.